The van der Waals surface area contributed by atoms with Crippen LogP contribution in [0.4, 0.5) is 4.79 Å². The third kappa shape index (κ3) is 4.38. The number of nitrogens with zero attached hydrogens (tertiary/aromatic N) is 1. The van der Waals surface area contributed by atoms with Crippen LogP contribution in [-0.4, -0.2) is 18.3 Å². The summed E-state index contributed by atoms with van der Waals surface area (Å²) in [5, 5.41) is 7.48. The molecule has 0 unspecified atom stereocenters. The van der Waals surface area contributed by atoms with Crippen molar-refractivity contribution in [2.75, 3.05) is 0 Å². The summed E-state index contributed by atoms with van der Waals surface area (Å²) in [4.78, 5) is 11.8. The summed E-state index contributed by atoms with van der Waals surface area (Å²) in [5.41, 5.74) is 3.29. The minimum atomic E-state index is -0.281. The molecule has 0 bridgehead atoms. The van der Waals surface area contributed by atoms with Gasteiger partial charge in [-0.3, -0.25) is 0 Å². The molecular formula is C18H20ClN3O2. The van der Waals surface area contributed by atoms with Crippen LogP contribution in [0, 0.1) is 0 Å². The van der Waals surface area contributed by atoms with E-state index in [1.165, 1.54) is 25.5 Å². The van der Waals surface area contributed by atoms with Crippen LogP contribution in [0.1, 0.15) is 37.9 Å². The van der Waals surface area contributed by atoms with E-state index in [4.69, 9.17) is 16.0 Å². The molecule has 1 aromatic heterocycles. The molecule has 2 aromatic rings. The van der Waals surface area contributed by atoms with Crippen LogP contribution in [0.25, 0.3) is 11.3 Å². The average Bonchev–Trinajstić information content (AvgIpc) is 3.05. The van der Waals surface area contributed by atoms with E-state index in [2.05, 4.69) is 15.8 Å². The van der Waals surface area contributed by atoms with Gasteiger partial charge in [-0.25, -0.2) is 10.2 Å². The highest BCUT2D eigenvalue weighted by Crippen LogP contribution is 2.28. The number of carbonyl (C=O) groups is 1. The van der Waals surface area contributed by atoms with Crippen molar-refractivity contribution in [2.45, 2.75) is 38.1 Å². The van der Waals surface area contributed by atoms with E-state index in [0.717, 1.165) is 18.4 Å². The minimum absolute atomic E-state index is 0.254. The fourth-order valence-corrected chi connectivity index (χ4v) is 3.08. The smallest absolute Gasteiger partial charge is 0.335 e. The highest BCUT2D eigenvalue weighted by atomic mass is 35.5. The molecular weight excluding hydrogens is 326 g/mol. The first-order chi connectivity index (χ1) is 11.7. The predicted molar refractivity (Wildman–Crippen MR) is 95.3 cm³/mol. The van der Waals surface area contributed by atoms with Gasteiger partial charge in [0.25, 0.3) is 0 Å². The lowest BCUT2D eigenvalue weighted by molar-refractivity contribution is 0.233. The SMILES string of the molecule is O=C(N/N=C/c1ccc(-c2ccccc2Cl)o1)NC1CCCCC1. The molecule has 1 aliphatic rings. The van der Waals surface area contributed by atoms with Gasteiger partial charge in [0.2, 0.25) is 0 Å². The van der Waals surface area contributed by atoms with E-state index in [1.807, 2.05) is 30.3 Å². The number of furan rings is 1. The molecule has 0 radical (unpaired) electrons. The second-order valence-electron chi connectivity index (χ2n) is 5.86. The number of halogens is 1. The topological polar surface area (TPSA) is 66.6 Å². The molecule has 1 saturated carbocycles. The Balaban J connectivity index is 1.53. The highest BCUT2D eigenvalue weighted by Gasteiger charge is 2.15. The number of carbonyl (C=O) groups excluding carboxylic acids is 1. The summed E-state index contributed by atoms with van der Waals surface area (Å²) in [6, 6.07) is 11.0. The fourth-order valence-electron chi connectivity index (χ4n) is 2.85. The molecule has 2 amide bonds. The molecule has 0 aliphatic heterocycles. The molecule has 1 fully saturated rings. The van der Waals surface area contributed by atoms with Gasteiger partial charge in [0, 0.05) is 11.6 Å². The Bertz CT molecular complexity index is 721. The second kappa shape index (κ2) is 8.02. The lowest BCUT2D eigenvalue weighted by Gasteiger charge is -2.22. The molecule has 3 rings (SSSR count). The van der Waals surface area contributed by atoms with Crippen LogP contribution >= 0.6 is 11.6 Å². The maximum Gasteiger partial charge on any atom is 0.335 e. The van der Waals surface area contributed by atoms with E-state index in [-0.39, 0.29) is 12.1 Å². The second-order valence-corrected chi connectivity index (χ2v) is 6.27. The van der Waals surface area contributed by atoms with E-state index in [1.54, 1.807) is 6.07 Å². The Morgan fingerprint density at radius 2 is 1.96 bits per heavy atom. The van der Waals surface area contributed by atoms with Gasteiger partial charge in [-0.1, -0.05) is 43.0 Å². The molecule has 1 aliphatic carbocycles. The van der Waals surface area contributed by atoms with E-state index in [0.29, 0.717) is 16.5 Å². The normalized spacial score (nSPS) is 15.5. The summed E-state index contributed by atoms with van der Waals surface area (Å²) < 4.78 is 5.68. The van der Waals surface area contributed by atoms with Gasteiger partial charge < -0.3 is 9.73 Å². The van der Waals surface area contributed by atoms with Gasteiger partial charge in [0.1, 0.15) is 11.5 Å². The Hall–Kier alpha value is -2.27. The van der Waals surface area contributed by atoms with Crippen molar-refractivity contribution < 1.29 is 9.21 Å². The lowest BCUT2D eigenvalue weighted by atomic mass is 9.96. The summed E-state index contributed by atoms with van der Waals surface area (Å²) in [6.45, 7) is 0. The van der Waals surface area contributed by atoms with Crippen LogP contribution < -0.4 is 10.7 Å². The third-order valence-corrected chi connectivity index (χ3v) is 4.39. The Kier molecular flexibility index (Phi) is 5.54. The van der Waals surface area contributed by atoms with Gasteiger partial charge in [0.15, 0.2) is 0 Å². The first-order valence-electron chi connectivity index (χ1n) is 8.17. The number of amides is 2. The summed E-state index contributed by atoms with van der Waals surface area (Å²) in [6.07, 6.45) is 7.15. The minimum Gasteiger partial charge on any atom is -0.455 e. The largest absolute Gasteiger partial charge is 0.455 e. The molecule has 0 spiro atoms. The number of hydrogen-bond acceptors (Lipinski definition) is 3. The zero-order valence-corrected chi connectivity index (χ0v) is 14.1. The average molecular weight is 346 g/mol. The summed E-state index contributed by atoms with van der Waals surface area (Å²) in [7, 11) is 0. The zero-order valence-electron chi connectivity index (χ0n) is 13.3. The quantitative estimate of drug-likeness (QED) is 0.629. The monoisotopic (exact) mass is 345 g/mol. The van der Waals surface area contributed by atoms with Crippen LogP contribution in [0.2, 0.25) is 5.02 Å². The molecule has 24 heavy (non-hydrogen) atoms. The van der Waals surface area contributed by atoms with Crippen LogP contribution in [0.3, 0.4) is 0 Å². The summed E-state index contributed by atoms with van der Waals surface area (Å²) >= 11 is 6.15. The molecule has 1 heterocycles. The van der Waals surface area contributed by atoms with Gasteiger partial charge >= 0.3 is 6.03 Å². The number of benzene rings is 1. The first-order valence-corrected chi connectivity index (χ1v) is 8.54. The van der Waals surface area contributed by atoms with E-state index in [9.17, 15) is 4.79 Å². The number of urea groups is 1. The van der Waals surface area contributed by atoms with Gasteiger partial charge in [0.05, 0.1) is 11.2 Å². The van der Waals surface area contributed by atoms with Gasteiger partial charge in [-0.05, 0) is 37.1 Å². The molecule has 1 aromatic carbocycles. The van der Waals surface area contributed by atoms with Crippen molar-refractivity contribution in [3.05, 3.63) is 47.2 Å². The predicted octanol–water partition coefficient (Wildman–Crippen LogP) is 4.57. The molecule has 0 atom stereocenters. The standard InChI is InChI=1S/C18H20ClN3O2/c19-16-9-5-4-8-15(16)17-11-10-14(24-17)12-20-22-18(23)21-13-6-2-1-3-7-13/h4-5,8-13H,1-3,6-7H2,(H2,21,22,23)/b20-12+. The van der Waals surface area contributed by atoms with Gasteiger partial charge in [-0.15, -0.1) is 0 Å². The summed E-state index contributed by atoms with van der Waals surface area (Å²) in [5.74, 6) is 1.21. The van der Waals surface area contributed by atoms with Crippen molar-refractivity contribution in [1.29, 1.82) is 0 Å². The van der Waals surface area contributed by atoms with E-state index < -0.39 is 0 Å². The first kappa shape index (κ1) is 16.6. The maximum atomic E-state index is 11.8. The Morgan fingerprint density at radius 1 is 1.17 bits per heavy atom. The Labute approximate surface area is 146 Å². The number of rotatable bonds is 4. The molecule has 2 N–H and O–H groups in total. The molecule has 0 saturated heterocycles. The van der Waals surface area contributed by atoms with Crippen LogP contribution in [0.5, 0.6) is 0 Å². The fraction of sp³-hybridized carbons (Fsp3) is 0.333. The third-order valence-electron chi connectivity index (χ3n) is 4.06. The highest BCUT2D eigenvalue weighted by molar-refractivity contribution is 6.33. The van der Waals surface area contributed by atoms with Crippen molar-refractivity contribution >= 4 is 23.8 Å². The van der Waals surface area contributed by atoms with Crippen molar-refractivity contribution in [2.24, 2.45) is 5.10 Å². The lowest BCUT2D eigenvalue weighted by Crippen LogP contribution is -2.41. The van der Waals surface area contributed by atoms with E-state index >= 15 is 0 Å². The van der Waals surface area contributed by atoms with Gasteiger partial charge in [-0.2, -0.15) is 5.10 Å². The van der Waals surface area contributed by atoms with Crippen molar-refractivity contribution in [3.8, 4) is 11.3 Å². The molecule has 5 nitrogen and oxygen atoms in total. The molecule has 6 heteroatoms. The molecule has 126 valence electrons. The number of hydrazone groups is 1. The number of nitrogens with one attached hydrogen (secondary N) is 2. The van der Waals surface area contributed by atoms with Crippen LogP contribution in [0.15, 0.2) is 45.9 Å². The maximum absolute atomic E-state index is 11.8. The Morgan fingerprint density at radius 3 is 2.75 bits per heavy atom. The van der Waals surface area contributed by atoms with Crippen molar-refractivity contribution in [1.82, 2.24) is 10.7 Å². The van der Waals surface area contributed by atoms with Crippen molar-refractivity contribution in [3.63, 3.8) is 0 Å². The zero-order chi connectivity index (χ0) is 16.8. The van der Waals surface area contributed by atoms with Crippen LogP contribution in [-0.2, 0) is 0 Å². The number of hydrogen-bond donors (Lipinski definition) is 2.